The number of hydrogen-bond donors (Lipinski definition) is 3. The van der Waals surface area contributed by atoms with Gasteiger partial charge in [-0.25, -0.2) is 13.4 Å². The minimum absolute atomic E-state index is 0.0598. The molecule has 0 aliphatic carbocycles. The Bertz CT molecular complexity index is 1170. The number of aryl methyl sites for hydroxylation is 1. The van der Waals surface area contributed by atoms with Gasteiger partial charge in [0, 0.05) is 25.3 Å². The van der Waals surface area contributed by atoms with Crippen molar-refractivity contribution in [1.29, 1.82) is 0 Å². The van der Waals surface area contributed by atoms with E-state index in [1.54, 1.807) is 49.2 Å². The van der Waals surface area contributed by atoms with Crippen LogP contribution in [0.3, 0.4) is 0 Å². The number of halogens is 2. The van der Waals surface area contributed by atoms with Crippen LogP contribution in [-0.2, 0) is 22.2 Å². The molecular weight excluding hydrogens is 523 g/mol. The molecule has 7 nitrogen and oxygen atoms in total. The minimum Gasteiger partial charge on any atom is -0.386 e. The van der Waals surface area contributed by atoms with Gasteiger partial charge in [-0.05, 0) is 68.7 Å². The molecule has 0 fully saturated rings. The van der Waals surface area contributed by atoms with Crippen molar-refractivity contribution >= 4 is 51.5 Å². The monoisotopic (exact) mass is 554 g/mol. The summed E-state index contributed by atoms with van der Waals surface area (Å²) >= 11 is 6.98. The molecule has 36 heavy (non-hydrogen) atoms. The molecule has 11 heteroatoms. The van der Waals surface area contributed by atoms with Gasteiger partial charge in [0.1, 0.15) is 10.0 Å². The van der Waals surface area contributed by atoms with Crippen molar-refractivity contribution in [3.8, 4) is 0 Å². The highest BCUT2D eigenvalue weighted by Gasteiger charge is 2.18. The molecule has 0 aliphatic heterocycles. The molecule has 2 aromatic rings. The molecule has 0 saturated carbocycles. The largest absolute Gasteiger partial charge is 0.386 e. The zero-order valence-electron chi connectivity index (χ0n) is 21.0. The quantitative estimate of drug-likeness (QED) is 0.318. The number of anilines is 1. The Morgan fingerprint density at radius 3 is 2.58 bits per heavy atom. The van der Waals surface area contributed by atoms with Crippen LogP contribution in [0.2, 0.25) is 4.34 Å². The van der Waals surface area contributed by atoms with Crippen LogP contribution in [0.5, 0.6) is 0 Å². The van der Waals surface area contributed by atoms with E-state index in [1.807, 2.05) is 26.8 Å². The van der Waals surface area contributed by atoms with Crippen molar-refractivity contribution in [2.45, 2.75) is 50.8 Å². The van der Waals surface area contributed by atoms with Crippen molar-refractivity contribution in [2.75, 3.05) is 18.9 Å². The van der Waals surface area contributed by atoms with Gasteiger partial charge in [0.25, 0.3) is 0 Å². The molecule has 196 valence electrons. The number of urea groups is 1. The van der Waals surface area contributed by atoms with Crippen LogP contribution < -0.4 is 15.4 Å². The maximum atomic E-state index is 14.3. The molecule has 0 aliphatic rings. The standard InChI is InChI=1S/C25H32ClFN4O3S2/c1-6-8-19(10-9-17(4)29-25(33)30-36(34)24-12-11-22(26)35-24)31(7-2)23(32)15-18-14-20(27)21(28-5)13-16(18)3/h8-14,17,28H,6-7,15H2,1-5H3,(H2,29,30,33)/b10-9-,19-8+. The molecule has 2 unspecified atom stereocenters. The van der Waals surface area contributed by atoms with Crippen LogP contribution in [0.15, 0.2) is 52.4 Å². The molecule has 1 aromatic heterocycles. The number of likely N-dealkylation sites (N-methyl/N-ethyl adjacent to an activating group) is 1. The first kappa shape index (κ1) is 29.5. The highest BCUT2D eigenvalue weighted by Crippen LogP contribution is 2.24. The summed E-state index contributed by atoms with van der Waals surface area (Å²) in [6, 6.07) is 5.29. The van der Waals surface area contributed by atoms with E-state index in [2.05, 4.69) is 15.4 Å². The van der Waals surface area contributed by atoms with Gasteiger partial charge >= 0.3 is 6.03 Å². The molecule has 1 heterocycles. The number of allylic oxidation sites excluding steroid dienone is 2. The number of benzene rings is 1. The van der Waals surface area contributed by atoms with Crippen LogP contribution in [0, 0.1) is 12.7 Å². The van der Waals surface area contributed by atoms with E-state index >= 15 is 0 Å². The number of nitrogens with zero attached hydrogens (tertiary/aromatic N) is 1. The molecule has 0 bridgehead atoms. The van der Waals surface area contributed by atoms with Gasteiger partial charge in [0.15, 0.2) is 11.0 Å². The van der Waals surface area contributed by atoms with E-state index in [0.717, 1.165) is 16.9 Å². The summed E-state index contributed by atoms with van der Waals surface area (Å²) in [6.45, 7) is 7.87. The second-order valence-corrected chi connectivity index (χ2v) is 11.1. The van der Waals surface area contributed by atoms with E-state index in [4.69, 9.17) is 11.6 Å². The lowest BCUT2D eigenvalue weighted by Gasteiger charge is -2.23. The topological polar surface area (TPSA) is 90.5 Å². The Balaban J connectivity index is 2.06. The van der Waals surface area contributed by atoms with Gasteiger partial charge in [-0.15, -0.1) is 11.3 Å². The number of rotatable bonds is 11. The van der Waals surface area contributed by atoms with Gasteiger partial charge < -0.3 is 15.5 Å². The second-order valence-electron chi connectivity index (χ2n) is 7.91. The molecule has 3 amide bonds. The summed E-state index contributed by atoms with van der Waals surface area (Å²) in [5.74, 6) is -0.565. The Kier molecular flexibility index (Phi) is 11.6. The fraction of sp³-hybridized carbons (Fsp3) is 0.360. The van der Waals surface area contributed by atoms with E-state index in [1.165, 1.54) is 6.07 Å². The SMILES string of the molecule is CC/C=C(\C=C/C(C)NC(=O)NS(=O)c1ccc(Cl)s1)N(CC)C(=O)Cc1cc(F)c(NC)cc1C. The highest BCUT2D eigenvalue weighted by atomic mass is 35.5. The Hall–Kier alpha value is -2.69. The zero-order valence-corrected chi connectivity index (χ0v) is 23.4. The average Bonchev–Trinajstić information content (AvgIpc) is 3.26. The first-order valence-electron chi connectivity index (χ1n) is 11.5. The fourth-order valence-corrected chi connectivity index (χ4v) is 5.53. The van der Waals surface area contributed by atoms with Crippen molar-refractivity contribution < 1.29 is 18.2 Å². The number of hydrogen-bond acceptors (Lipinski definition) is 5. The normalized spacial score (nSPS) is 13.4. The number of carbonyl (C=O) groups is 2. The third-order valence-corrected chi connectivity index (χ3v) is 7.81. The van der Waals surface area contributed by atoms with E-state index in [9.17, 15) is 18.2 Å². The first-order chi connectivity index (χ1) is 17.1. The van der Waals surface area contributed by atoms with Crippen LogP contribution in [-0.4, -0.2) is 40.7 Å². The summed E-state index contributed by atoms with van der Waals surface area (Å²) in [5.41, 5.74) is 2.52. The van der Waals surface area contributed by atoms with Gasteiger partial charge in [-0.3, -0.25) is 9.52 Å². The molecule has 0 radical (unpaired) electrons. The minimum atomic E-state index is -1.71. The predicted molar refractivity (Wildman–Crippen MR) is 146 cm³/mol. The molecule has 0 spiro atoms. The van der Waals surface area contributed by atoms with Crippen LogP contribution in [0.1, 0.15) is 38.3 Å². The van der Waals surface area contributed by atoms with E-state index in [-0.39, 0.29) is 12.3 Å². The molecule has 0 saturated heterocycles. The van der Waals surface area contributed by atoms with E-state index in [0.29, 0.717) is 38.5 Å². The lowest BCUT2D eigenvalue weighted by atomic mass is 10.0. The summed E-state index contributed by atoms with van der Waals surface area (Å²) in [4.78, 5) is 27.0. The number of amides is 3. The third-order valence-electron chi connectivity index (χ3n) is 5.21. The highest BCUT2D eigenvalue weighted by molar-refractivity contribution is 7.86. The van der Waals surface area contributed by atoms with Gasteiger partial charge in [0.05, 0.1) is 16.4 Å². The van der Waals surface area contributed by atoms with Crippen molar-refractivity contribution in [2.24, 2.45) is 0 Å². The average molecular weight is 555 g/mol. The summed E-state index contributed by atoms with van der Waals surface area (Å²) in [6.07, 6.45) is 6.18. The van der Waals surface area contributed by atoms with Gasteiger partial charge in [-0.2, -0.15) is 0 Å². The summed E-state index contributed by atoms with van der Waals surface area (Å²) in [7, 11) is -0.0651. The van der Waals surface area contributed by atoms with Crippen molar-refractivity contribution in [3.05, 3.63) is 69.5 Å². The lowest BCUT2D eigenvalue weighted by molar-refractivity contribution is -0.128. The van der Waals surface area contributed by atoms with Crippen molar-refractivity contribution in [3.63, 3.8) is 0 Å². The smallest absolute Gasteiger partial charge is 0.327 e. The van der Waals surface area contributed by atoms with E-state index < -0.39 is 28.9 Å². The summed E-state index contributed by atoms with van der Waals surface area (Å²) < 4.78 is 29.8. The maximum Gasteiger partial charge on any atom is 0.327 e. The Morgan fingerprint density at radius 2 is 2.00 bits per heavy atom. The maximum absolute atomic E-state index is 14.3. The second kappa shape index (κ2) is 14.2. The van der Waals surface area contributed by atoms with Gasteiger partial charge in [0.2, 0.25) is 5.91 Å². The van der Waals surface area contributed by atoms with Gasteiger partial charge in [-0.1, -0.05) is 30.7 Å². The Morgan fingerprint density at radius 1 is 1.28 bits per heavy atom. The molecule has 2 rings (SSSR count). The molecule has 2 atom stereocenters. The van der Waals surface area contributed by atoms with Crippen LogP contribution in [0.4, 0.5) is 14.9 Å². The van der Waals surface area contributed by atoms with Crippen molar-refractivity contribution in [1.82, 2.24) is 14.9 Å². The van der Waals surface area contributed by atoms with Crippen LogP contribution >= 0.6 is 22.9 Å². The third kappa shape index (κ3) is 8.46. The molecule has 1 aromatic carbocycles. The lowest BCUT2D eigenvalue weighted by Crippen LogP contribution is -2.40. The summed E-state index contributed by atoms with van der Waals surface area (Å²) in [5, 5.41) is 5.50. The number of nitrogens with one attached hydrogen (secondary N) is 3. The van der Waals surface area contributed by atoms with Crippen LogP contribution in [0.25, 0.3) is 0 Å². The first-order valence-corrected chi connectivity index (χ1v) is 13.8. The number of thiophene rings is 1. The number of carbonyl (C=O) groups excluding carboxylic acids is 2. The zero-order chi connectivity index (χ0) is 26.8. The fourth-order valence-electron chi connectivity index (χ4n) is 3.40. The predicted octanol–water partition coefficient (Wildman–Crippen LogP) is 5.54. The Labute approximate surface area is 223 Å². The molecule has 3 N–H and O–H groups in total. The molecular formula is C25H32ClFN4O3S2.